The van der Waals surface area contributed by atoms with Gasteiger partial charge in [-0.05, 0) is 35.4 Å². The van der Waals surface area contributed by atoms with Gasteiger partial charge in [0.15, 0.2) is 0 Å². The maximum Gasteiger partial charge on any atom is 0.337 e. The summed E-state index contributed by atoms with van der Waals surface area (Å²) < 4.78 is 15.6. The van der Waals surface area contributed by atoms with Gasteiger partial charge in [-0.1, -0.05) is 42.5 Å². The zero-order valence-corrected chi connectivity index (χ0v) is 17.1. The average Bonchev–Trinajstić information content (AvgIpc) is 3.22. The van der Waals surface area contributed by atoms with Gasteiger partial charge in [0.1, 0.15) is 11.6 Å². The van der Waals surface area contributed by atoms with Crippen LogP contribution >= 0.6 is 0 Å². The van der Waals surface area contributed by atoms with E-state index in [4.69, 9.17) is 16.6 Å². The predicted octanol–water partition coefficient (Wildman–Crippen LogP) is 4.04. The van der Waals surface area contributed by atoms with Crippen molar-refractivity contribution in [2.45, 2.75) is 13.1 Å². The van der Waals surface area contributed by atoms with Crippen LogP contribution in [0, 0.1) is 5.82 Å². The number of aromatic nitrogens is 2. The van der Waals surface area contributed by atoms with E-state index in [0.717, 1.165) is 34.5 Å². The Hall–Kier alpha value is -4.01. The summed E-state index contributed by atoms with van der Waals surface area (Å²) in [5, 5.41) is 17.3. The molecule has 3 aromatic carbocycles. The molecule has 0 amide bonds. The van der Waals surface area contributed by atoms with Crippen LogP contribution < -0.4 is 16.8 Å². The van der Waals surface area contributed by atoms with E-state index in [1.807, 2.05) is 48.5 Å². The standard InChI is InChI=1S/C24H22FN5O2/c25-18-9-10-19(24(31)32)21(11-18)28-23-12-20(16-7-5-15(13-26)6-8-16)29-30(23)22-4-2-1-3-17(22)14-27/h1-12,28H,13-14,26-27H2,(H,31,32). The summed E-state index contributed by atoms with van der Waals surface area (Å²) in [4.78, 5) is 11.7. The second-order valence-corrected chi connectivity index (χ2v) is 7.18. The number of hydrogen-bond donors (Lipinski definition) is 4. The van der Waals surface area contributed by atoms with Crippen LogP contribution in [0.15, 0.2) is 72.8 Å². The van der Waals surface area contributed by atoms with Crippen molar-refractivity contribution in [2.75, 3.05) is 5.32 Å². The van der Waals surface area contributed by atoms with E-state index in [0.29, 0.717) is 18.1 Å². The van der Waals surface area contributed by atoms with Crippen molar-refractivity contribution in [3.63, 3.8) is 0 Å². The number of nitrogens with two attached hydrogens (primary N) is 2. The molecular weight excluding hydrogens is 409 g/mol. The van der Waals surface area contributed by atoms with Crippen molar-refractivity contribution in [3.05, 3.63) is 95.3 Å². The van der Waals surface area contributed by atoms with Gasteiger partial charge < -0.3 is 21.9 Å². The van der Waals surface area contributed by atoms with Crippen LogP contribution in [-0.4, -0.2) is 20.9 Å². The number of hydrogen-bond acceptors (Lipinski definition) is 5. The number of carboxylic acids is 1. The number of carboxylic acid groups (broad SMARTS) is 1. The van der Waals surface area contributed by atoms with Crippen LogP contribution in [0.4, 0.5) is 15.9 Å². The molecule has 32 heavy (non-hydrogen) atoms. The van der Waals surface area contributed by atoms with Gasteiger partial charge in [-0.2, -0.15) is 5.10 Å². The van der Waals surface area contributed by atoms with Crippen LogP contribution in [0.2, 0.25) is 0 Å². The number of aromatic carboxylic acids is 1. The molecular formula is C24H22FN5O2. The van der Waals surface area contributed by atoms with E-state index >= 15 is 0 Å². The first-order chi connectivity index (χ1) is 15.5. The molecule has 4 aromatic rings. The van der Waals surface area contributed by atoms with Crippen LogP contribution in [-0.2, 0) is 13.1 Å². The van der Waals surface area contributed by atoms with Crippen LogP contribution in [0.25, 0.3) is 16.9 Å². The summed E-state index contributed by atoms with van der Waals surface area (Å²) in [5.74, 6) is -1.25. The zero-order chi connectivity index (χ0) is 22.7. The highest BCUT2D eigenvalue weighted by Crippen LogP contribution is 2.30. The van der Waals surface area contributed by atoms with Gasteiger partial charge in [0.25, 0.3) is 0 Å². The second-order valence-electron chi connectivity index (χ2n) is 7.18. The minimum absolute atomic E-state index is 0.0555. The Morgan fingerprint density at radius 1 is 1.00 bits per heavy atom. The van der Waals surface area contributed by atoms with E-state index in [9.17, 15) is 14.3 Å². The number of carbonyl (C=O) groups is 1. The van der Waals surface area contributed by atoms with E-state index in [2.05, 4.69) is 5.32 Å². The van der Waals surface area contributed by atoms with Gasteiger partial charge >= 0.3 is 5.97 Å². The van der Waals surface area contributed by atoms with Crippen LogP contribution in [0.5, 0.6) is 0 Å². The summed E-state index contributed by atoms with van der Waals surface area (Å²) in [6.45, 7) is 0.722. The number of anilines is 2. The van der Waals surface area contributed by atoms with Crippen LogP contribution in [0.3, 0.4) is 0 Å². The Kier molecular flexibility index (Phi) is 5.98. The van der Waals surface area contributed by atoms with Gasteiger partial charge in [-0.15, -0.1) is 0 Å². The largest absolute Gasteiger partial charge is 0.478 e. The van der Waals surface area contributed by atoms with E-state index < -0.39 is 11.8 Å². The molecule has 162 valence electrons. The highest BCUT2D eigenvalue weighted by molar-refractivity contribution is 5.95. The third-order valence-electron chi connectivity index (χ3n) is 5.11. The number of benzene rings is 3. The van der Waals surface area contributed by atoms with Crippen molar-refractivity contribution >= 4 is 17.5 Å². The van der Waals surface area contributed by atoms with Crippen molar-refractivity contribution in [2.24, 2.45) is 11.5 Å². The molecule has 0 aliphatic heterocycles. The first kappa shape index (κ1) is 21.2. The molecule has 0 fully saturated rings. The van der Waals surface area contributed by atoms with Crippen molar-refractivity contribution in [1.82, 2.24) is 9.78 Å². The summed E-state index contributed by atoms with van der Waals surface area (Å²) in [6, 6.07) is 20.4. The first-order valence-electron chi connectivity index (χ1n) is 9.98. The molecule has 6 N–H and O–H groups in total. The molecule has 1 heterocycles. The molecule has 0 aliphatic rings. The fraction of sp³-hybridized carbons (Fsp3) is 0.0833. The SMILES string of the molecule is NCc1ccc(-c2cc(Nc3cc(F)ccc3C(=O)O)n(-c3ccccc3CN)n2)cc1. The minimum atomic E-state index is -1.17. The molecule has 0 radical (unpaired) electrons. The molecule has 0 saturated carbocycles. The summed E-state index contributed by atoms with van der Waals surface area (Å²) >= 11 is 0. The summed E-state index contributed by atoms with van der Waals surface area (Å²) in [7, 11) is 0. The lowest BCUT2D eigenvalue weighted by molar-refractivity contribution is 0.0698. The average molecular weight is 431 g/mol. The Morgan fingerprint density at radius 3 is 2.44 bits per heavy atom. The predicted molar refractivity (Wildman–Crippen MR) is 121 cm³/mol. The molecule has 0 spiro atoms. The number of para-hydroxylation sites is 1. The van der Waals surface area contributed by atoms with Gasteiger partial charge in [0.2, 0.25) is 0 Å². The Labute approximate surface area is 184 Å². The second kappa shape index (κ2) is 9.01. The van der Waals surface area contributed by atoms with Crippen LogP contribution in [0.1, 0.15) is 21.5 Å². The Balaban J connectivity index is 1.86. The monoisotopic (exact) mass is 431 g/mol. The lowest BCUT2D eigenvalue weighted by Crippen LogP contribution is -2.10. The number of nitrogens with one attached hydrogen (secondary N) is 1. The Bertz CT molecular complexity index is 1270. The highest BCUT2D eigenvalue weighted by Gasteiger charge is 2.17. The molecule has 1 aromatic heterocycles. The maximum atomic E-state index is 13.9. The maximum absolute atomic E-state index is 13.9. The van der Waals surface area contributed by atoms with Gasteiger partial charge in [-0.25, -0.2) is 13.9 Å². The van der Waals surface area contributed by atoms with Crippen molar-refractivity contribution in [1.29, 1.82) is 0 Å². The smallest absolute Gasteiger partial charge is 0.337 e. The molecule has 0 unspecified atom stereocenters. The molecule has 8 heteroatoms. The summed E-state index contributed by atoms with van der Waals surface area (Å²) in [5.41, 5.74) is 15.8. The van der Waals surface area contributed by atoms with Gasteiger partial charge in [0, 0.05) is 24.7 Å². The third-order valence-corrected chi connectivity index (χ3v) is 5.11. The minimum Gasteiger partial charge on any atom is -0.478 e. The Morgan fingerprint density at radius 2 is 1.75 bits per heavy atom. The molecule has 0 saturated heterocycles. The summed E-state index contributed by atoms with van der Waals surface area (Å²) in [6.07, 6.45) is 0. The van der Waals surface area contributed by atoms with E-state index in [-0.39, 0.29) is 17.8 Å². The lowest BCUT2D eigenvalue weighted by atomic mass is 10.1. The fourth-order valence-corrected chi connectivity index (χ4v) is 3.44. The first-order valence-corrected chi connectivity index (χ1v) is 9.98. The number of halogens is 1. The normalized spacial score (nSPS) is 10.8. The van der Waals surface area contributed by atoms with Gasteiger partial charge in [0.05, 0.1) is 22.6 Å². The van der Waals surface area contributed by atoms with E-state index in [1.54, 1.807) is 10.7 Å². The number of rotatable bonds is 7. The fourth-order valence-electron chi connectivity index (χ4n) is 3.44. The molecule has 0 bridgehead atoms. The quantitative estimate of drug-likeness (QED) is 0.351. The topological polar surface area (TPSA) is 119 Å². The third kappa shape index (κ3) is 4.22. The molecule has 7 nitrogen and oxygen atoms in total. The van der Waals surface area contributed by atoms with Crippen molar-refractivity contribution < 1.29 is 14.3 Å². The zero-order valence-electron chi connectivity index (χ0n) is 17.1. The molecule has 0 atom stereocenters. The lowest BCUT2D eigenvalue weighted by Gasteiger charge is -2.14. The molecule has 4 rings (SSSR count). The van der Waals surface area contributed by atoms with Gasteiger partial charge in [-0.3, -0.25) is 0 Å². The highest BCUT2D eigenvalue weighted by atomic mass is 19.1. The molecule has 0 aliphatic carbocycles. The van der Waals surface area contributed by atoms with E-state index in [1.165, 1.54) is 6.07 Å². The number of nitrogens with zero attached hydrogens (tertiary/aromatic N) is 2. The van der Waals surface area contributed by atoms with Crippen molar-refractivity contribution in [3.8, 4) is 16.9 Å².